The zero-order valence-corrected chi connectivity index (χ0v) is 23.4. The second-order valence-electron chi connectivity index (χ2n) is 10.7. The SMILES string of the molecule is Cc1c(C=Nc2sc3c(c2C#N)CC[C@@H](C(C)(C)C)C3)c2ccccc2n1Cc1ccc(Cl)cc1Cl. The topological polar surface area (TPSA) is 41.1 Å². The summed E-state index contributed by atoms with van der Waals surface area (Å²) in [6, 6.07) is 16.5. The van der Waals surface area contributed by atoms with Gasteiger partial charge in [0, 0.05) is 49.8 Å². The minimum Gasteiger partial charge on any atom is -0.340 e. The molecule has 184 valence electrons. The number of aliphatic imine (C=N–C) groups is 1. The largest absolute Gasteiger partial charge is 0.340 e. The molecular formula is C30H29Cl2N3S. The number of thiophene rings is 1. The zero-order chi connectivity index (χ0) is 25.6. The predicted molar refractivity (Wildman–Crippen MR) is 153 cm³/mol. The van der Waals surface area contributed by atoms with Crippen LogP contribution in [0.25, 0.3) is 10.9 Å². The Balaban J connectivity index is 1.53. The minimum atomic E-state index is 0.268. The number of aromatic nitrogens is 1. The molecule has 0 fully saturated rings. The van der Waals surface area contributed by atoms with Gasteiger partial charge in [-0.2, -0.15) is 5.26 Å². The van der Waals surface area contributed by atoms with E-state index >= 15 is 0 Å². The molecule has 0 aliphatic heterocycles. The molecule has 3 nitrogen and oxygen atoms in total. The Bertz CT molecular complexity index is 1530. The van der Waals surface area contributed by atoms with Crippen LogP contribution < -0.4 is 0 Å². The zero-order valence-electron chi connectivity index (χ0n) is 21.0. The monoisotopic (exact) mass is 533 g/mol. The molecule has 4 aromatic rings. The number of nitrogens with zero attached hydrogens (tertiary/aromatic N) is 3. The predicted octanol–water partition coefficient (Wildman–Crippen LogP) is 9.14. The van der Waals surface area contributed by atoms with E-state index in [4.69, 9.17) is 28.2 Å². The van der Waals surface area contributed by atoms with Gasteiger partial charge in [-0.15, -0.1) is 11.3 Å². The first-order valence-corrected chi connectivity index (χ1v) is 13.8. The molecule has 0 saturated heterocycles. The highest BCUT2D eigenvalue weighted by molar-refractivity contribution is 7.16. The Labute approximate surface area is 227 Å². The molecule has 5 rings (SSSR count). The van der Waals surface area contributed by atoms with Crippen LogP contribution in [0.1, 0.15) is 60.0 Å². The van der Waals surface area contributed by atoms with E-state index in [1.165, 1.54) is 10.4 Å². The van der Waals surface area contributed by atoms with Crippen molar-refractivity contribution in [3.8, 4) is 6.07 Å². The molecule has 2 aromatic carbocycles. The maximum atomic E-state index is 9.98. The van der Waals surface area contributed by atoms with Gasteiger partial charge in [0.05, 0.1) is 5.56 Å². The van der Waals surface area contributed by atoms with Crippen LogP contribution in [0, 0.1) is 29.6 Å². The Kier molecular flexibility index (Phi) is 6.76. The summed E-state index contributed by atoms with van der Waals surface area (Å²) >= 11 is 14.3. The van der Waals surface area contributed by atoms with Gasteiger partial charge in [-0.3, -0.25) is 0 Å². The summed E-state index contributed by atoms with van der Waals surface area (Å²) in [4.78, 5) is 6.25. The first-order valence-electron chi connectivity index (χ1n) is 12.3. The lowest BCUT2D eigenvalue weighted by Crippen LogP contribution is -2.26. The summed E-state index contributed by atoms with van der Waals surface area (Å²) in [6.45, 7) is 9.70. The second kappa shape index (κ2) is 9.71. The number of benzene rings is 2. The van der Waals surface area contributed by atoms with Crippen LogP contribution in [0.5, 0.6) is 0 Å². The van der Waals surface area contributed by atoms with Crippen LogP contribution in [0.3, 0.4) is 0 Å². The van der Waals surface area contributed by atoms with Gasteiger partial charge in [0.15, 0.2) is 0 Å². The Morgan fingerprint density at radius 3 is 2.69 bits per heavy atom. The van der Waals surface area contributed by atoms with E-state index in [2.05, 4.69) is 62.6 Å². The number of nitriles is 1. The van der Waals surface area contributed by atoms with Gasteiger partial charge in [0.2, 0.25) is 0 Å². The molecule has 1 aliphatic carbocycles. The molecule has 2 heterocycles. The standard InChI is InChI=1S/C30H29Cl2N3S/c1-18-25(16-34-29-24(15-33)23-12-10-20(30(2,3)4)13-28(23)36-29)22-7-5-6-8-27(22)35(18)17-19-9-11-21(31)14-26(19)32/h5-9,11,14,16,20H,10,12-13,17H2,1-4H3/t20-/m1/s1. The first kappa shape index (κ1) is 25.1. The highest BCUT2D eigenvalue weighted by atomic mass is 35.5. The van der Waals surface area contributed by atoms with E-state index in [9.17, 15) is 5.26 Å². The van der Waals surface area contributed by atoms with Crippen LogP contribution in [-0.4, -0.2) is 10.8 Å². The van der Waals surface area contributed by atoms with Crippen LogP contribution in [-0.2, 0) is 19.4 Å². The Morgan fingerprint density at radius 1 is 1.19 bits per heavy atom. The lowest BCUT2D eigenvalue weighted by Gasteiger charge is -2.33. The molecule has 2 aromatic heterocycles. The molecule has 36 heavy (non-hydrogen) atoms. The van der Waals surface area contributed by atoms with Gasteiger partial charge in [0.25, 0.3) is 0 Å². The molecule has 0 radical (unpaired) electrons. The highest BCUT2D eigenvalue weighted by Gasteiger charge is 2.32. The van der Waals surface area contributed by atoms with E-state index in [1.807, 2.05) is 18.3 Å². The van der Waals surface area contributed by atoms with E-state index < -0.39 is 0 Å². The molecule has 0 N–H and O–H groups in total. The number of hydrogen-bond donors (Lipinski definition) is 0. The van der Waals surface area contributed by atoms with Crippen LogP contribution in [0.2, 0.25) is 10.0 Å². The third-order valence-electron chi connectivity index (χ3n) is 7.52. The number of halogens is 2. The van der Waals surface area contributed by atoms with E-state index in [-0.39, 0.29) is 5.41 Å². The van der Waals surface area contributed by atoms with E-state index in [1.54, 1.807) is 17.4 Å². The number of para-hydroxylation sites is 1. The van der Waals surface area contributed by atoms with Crippen molar-refractivity contribution in [2.75, 3.05) is 0 Å². The molecule has 0 saturated carbocycles. The van der Waals surface area contributed by atoms with E-state index in [0.717, 1.165) is 57.6 Å². The lowest BCUT2D eigenvalue weighted by molar-refractivity contribution is 0.218. The Morgan fingerprint density at radius 2 is 1.97 bits per heavy atom. The number of fused-ring (bicyclic) bond motifs is 2. The number of rotatable bonds is 4. The van der Waals surface area contributed by atoms with Crippen LogP contribution >= 0.6 is 34.5 Å². The summed E-state index contributed by atoms with van der Waals surface area (Å²) < 4.78 is 2.27. The van der Waals surface area contributed by atoms with Crippen molar-refractivity contribution >= 4 is 56.7 Å². The second-order valence-corrected chi connectivity index (χ2v) is 12.6. The van der Waals surface area contributed by atoms with Gasteiger partial charge in [-0.1, -0.05) is 68.2 Å². The molecule has 0 spiro atoms. The molecule has 1 aliphatic rings. The van der Waals surface area contributed by atoms with Crippen molar-refractivity contribution in [1.82, 2.24) is 4.57 Å². The van der Waals surface area contributed by atoms with Crippen molar-refractivity contribution in [2.45, 2.75) is 53.5 Å². The van der Waals surface area contributed by atoms with Gasteiger partial charge in [-0.25, -0.2) is 4.99 Å². The molecule has 0 bridgehead atoms. The fraction of sp³-hybridized carbons (Fsp3) is 0.333. The molecule has 6 heteroatoms. The Hall–Kier alpha value is -2.58. The first-order chi connectivity index (χ1) is 17.2. The normalized spacial score (nSPS) is 16.0. The van der Waals surface area contributed by atoms with Crippen molar-refractivity contribution in [3.63, 3.8) is 0 Å². The summed E-state index contributed by atoms with van der Waals surface area (Å²) in [5, 5.41) is 13.2. The maximum absolute atomic E-state index is 9.98. The molecule has 0 unspecified atom stereocenters. The maximum Gasteiger partial charge on any atom is 0.134 e. The summed E-state index contributed by atoms with van der Waals surface area (Å²) in [6.07, 6.45) is 5.07. The van der Waals surface area contributed by atoms with E-state index in [0.29, 0.717) is 22.5 Å². The van der Waals surface area contributed by atoms with Gasteiger partial charge < -0.3 is 4.57 Å². The molecule has 1 atom stereocenters. The fourth-order valence-electron chi connectivity index (χ4n) is 5.28. The van der Waals surface area contributed by atoms with Crippen LogP contribution in [0.15, 0.2) is 47.5 Å². The minimum absolute atomic E-state index is 0.268. The van der Waals surface area contributed by atoms with Gasteiger partial charge in [0.1, 0.15) is 11.1 Å². The average Bonchev–Trinajstić information content (AvgIpc) is 3.32. The third kappa shape index (κ3) is 4.61. The molecule has 0 amide bonds. The highest BCUT2D eigenvalue weighted by Crippen LogP contribution is 2.45. The van der Waals surface area contributed by atoms with Gasteiger partial charge in [-0.05, 0) is 66.8 Å². The fourth-order valence-corrected chi connectivity index (χ4v) is 6.97. The summed E-state index contributed by atoms with van der Waals surface area (Å²) in [5.41, 5.74) is 6.56. The number of hydrogen-bond acceptors (Lipinski definition) is 3. The van der Waals surface area contributed by atoms with Crippen molar-refractivity contribution in [2.24, 2.45) is 16.3 Å². The average molecular weight is 535 g/mol. The van der Waals surface area contributed by atoms with Crippen LogP contribution in [0.4, 0.5) is 5.00 Å². The van der Waals surface area contributed by atoms with Gasteiger partial charge >= 0.3 is 0 Å². The third-order valence-corrected chi connectivity index (χ3v) is 9.27. The quantitative estimate of drug-likeness (QED) is 0.241. The smallest absolute Gasteiger partial charge is 0.134 e. The van der Waals surface area contributed by atoms with Crippen molar-refractivity contribution < 1.29 is 0 Å². The molecular weight excluding hydrogens is 505 g/mol. The van der Waals surface area contributed by atoms with Crippen molar-refractivity contribution in [1.29, 1.82) is 5.26 Å². The lowest BCUT2D eigenvalue weighted by atomic mass is 9.72. The van der Waals surface area contributed by atoms with Crippen molar-refractivity contribution in [3.05, 3.63) is 85.3 Å². The summed E-state index contributed by atoms with van der Waals surface area (Å²) in [5.74, 6) is 0.631. The summed E-state index contributed by atoms with van der Waals surface area (Å²) in [7, 11) is 0.